The van der Waals surface area contributed by atoms with Crippen molar-refractivity contribution in [2.45, 2.75) is 65.3 Å². The van der Waals surface area contributed by atoms with Crippen LogP contribution in [0.1, 0.15) is 59.3 Å². The Morgan fingerprint density at radius 2 is 1.77 bits per heavy atom. The molecule has 1 saturated heterocycles. The number of nitrogens with one attached hydrogen (secondary N) is 1. The summed E-state index contributed by atoms with van der Waals surface area (Å²) in [6.07, 6.45) is 5.15. The largest absolute Gasteiger partial charge is 0.481 e. The molecule has 1 saturated carbocycles. The van der Waals surface area contributed by atoms with Gasteiger partial charge in [-0.1, -0.05) is 20.8 Å². The van der Waals surface area contributed by atoms with E-state index in [9.17, 15) is 9.59 Å². The quantitative estimate of drug-likeness (QED) is 0.841. The number of carboxylic acids is 1. The van der Waals surface area contributed by atoms with Gasteiger partial charge in [0.2, 0.25) is 0 Å². The first-order chi connectivity index (χ1) is 10.2. The number of hydrogen-bond donors (Lipinski definition) is 2. The van der Waals surface area contributed by atoms with Gasteiger partial charge in [0, 0.05) is 19.1 Å². The summed E-state index contributed by atoms with van der Waals surface area (Å²) < 4.78 is 0. The minimum Gasteiger partial charge on any atom is -0.481 e. The molecule has 126 valence electrons. The lowest BCUT2D eigenvalue weighted by Crippen LogP contribution is -2.45. The van der Waals surface area contributed by atoms with Gasteiger partial charge in [0.15, 0.2) is 0 Å². The average Bonchev–Trinajstić information content (AvgIpc) is 2.85. The van der Waals surface area contributed by atoms with Crippen molar-refractivity contribution < 1.29 is 14.7 Å². The fraction of sp³-hybridized carbons (Fsp3) is 0.882. The number of aliphatic carboxylic acids is 1. The molecule has 0 aromatic heterocycles. The lowest BCUT2D eigenvalue weighted by molar-refractivity contribution is -0.142. The average molecular weight is 310 g/mol. The van der Waals surface area contributed by atoms with Crippen molar-refractivity contribution in [1.82, 2.24) is 10.2 Å². The molecule has 22 heavy (non-hydrogen) atoms. The van der Waals surface area contributed by atoms with Crippen molar-refractivity contribution in [3.05, 3.63) is 0 Å². The summed E-state index contributed by atoms with van der Waals surface area (Å²) in [7, 11) is 0. The van der Waals surface area contributed by atoms with Crippen LogP contribution in [0.5, 0.6) is 0 Å². The Kier molecular flexibility index (Phi) is 5.35. The number of urea groups is 1. The minimum atomic E-state index is -0.700. The third-order valence-electron chi connectivity index (χ3n) is 4.88. The van der Waals surface area contributed by atoms with Gasteiger partial charge in [-0.3, -0.25) is 4.79 Å². The fourth-order valence-electron chi connectivity index (χ4n) is 3.80. The summed E-state index contributed by atoms with van der Waals surface area (Å²) in [6.45, 7) is 8.44. The predicted octanol–water partition coefficient (Wildman–Crippen LogP) is 3.10. The molecule has 1 aliphatic carbocycles. The zero-order chi connectivity index (χ0) is 16.3. The minimum absolute atomic E-state index is 0.0372. The molecule has 2 N–H and O–H groups in total. The van der Waals surface area contributed by atoms with Crippen LogP contribution in [-0.2, 0) is 4.79 Å². The highest BCUT2D eigenvalue weighted by Crippen LogP contribution is 2.30. The molecule has 0 spiro atoms. The first-order valence-corrected chi connectivity index (χ1v) is 8.53. The molecule has 0 aromatic rings. The maximum atomic E-state index is 12.3. The lowest BCUT2D eigenvalue weighted by atomic mass is 9.84. The Morgan fingerprint density at radius 1 is 1.14 bits per heavy atom. The SMILES string of the molecule is CC(C)(C)CC1CCN(C(=O)NC2CCC(C(=O)O)CC2)C1. The smallest absolute Gasteiger partial charge is 0.317 e. The van der Waals surface area contributed by atoms with E-state index in [2.05, 4.69) is 26.1 Å². The van der Waals surface area contributed by atoms with Gasteiger partial charge in [-0.25, -0.2) is 4.79 Å². The third kappa shape index (κ3) is 4.89. The van der Waals surface area contributed by atoms with Crippen molar-refractivity contribution in [2.75, 3.05) is 13.1 Å². The van der Waals surface area contributed by atoms with Gasteiger partial charge in [0.25, 0.3) is 0 Å². The summed E-state index contributed by atoms with van der Waals surface area (Å²) in [4.78, 5) is 25.2. The Bertz CT molecular complexity index is 409. The summed E-state index contributed by atoms with van der Waals surface area (Å²) in [6, 6.07) is 0.181. The van der Waals surface area contributed by atoms with Crippen molar-refractivity contribution in [3.8, 4) is 0 Å². The molecule has 0 bridgehead atoms. The maximum absolute atomic E-state index is 12.3. The van der Waals surface area contributed by atoms with Crippen LogP contribution in [0, 0.1) is 17.3 Å². The van der Waals surface area contributed by atoms with E-state index in [-0.39, 0.29) is 18.0 Å². The van der Waals surface area contributed by atoms with Crippen LogP contribution in [-0.4, -0.2) is 41.1 Å². The van der Waals surface area contributed by atoms with Crippen LogP contribution in [0.15, 0.2) is 0 Å². The number of rotatable bonds is 3. The summed E-state index contributed by atoms with van der Waals surface area (Å²) >= 11 is 0. The van der Waals surface area contributed by atoms with Gasteiger partial charge in [0.05, 0.1) is 5.92 Å². The standard InChI is InChI=1S/C17H30N2O3/c1-17(2,3)10-12-8-9-19(11-12)16(22)18-14-6-4-13(5-7-14)15(20)21/h12-14H,4-11H2,1-3H3,(H,18,22)(H,20,21). The van der Waals surface area contributed by atoms with Crippen molar-refractivity contribution in [2.24, 2.45) is 17.3 Å². The molecule has 2 aliphatic rings. The van der Waals surface area contributed by atoms with Crippen LogP contribution < -0.4 is 5.32 Å². The van der Waals surface area contributed by atoms with Crippen molar-refractivity contribution in [3.63, 3.8) is 0 Å². The normalized spacial score (nSPS) is 29.4. The number of amides is 2. The second-order valence-electron chi connectivity index (χ2n) is 8.20. The molecule has 0 aromatic carbocycles. The van der Waals surface area contributed by atoms with Gasteiger partial charge < -0.3 is 15.3 Å². The fourth-order valence-corrected chi connectivity index (χ4v) is 3.80. The molecule has 1 unspecified atom stereocenters. The van der Waals surface area contributed by atoms with Crippen LogP contribution in [0.3, 0.4) is 0 Å². The number of carbonyl (C=O) groups is 2. The Balaban J connectivity index is 1.74. The number of hydrogen-bond acceptors (Lipinski definition) is 2. The van der Waals surface area contributed by atoms with Gasteiger partial charge in [-0.2, -0.15) is 0 Å². The molecule has 2 amide bonds. The Morgan fingerprint density at radius 3 is 2.32 bits per heavy atom. The highest BCUT2D eigenvalue weighted by molar-refractivity contribution is 5.75. The van der Waals surface area contributed by atoms with Gasteiger partial charge in [-0.05, 0) is 49.9 Å². The Hall–Kier alpha value is -1.26. The van der Waals surface area contributed by atoms with E-state index in [1.165, 1.54) is 0 Å². The van der Waals surface area contributed by atoms with Gasteiger partial charge in [0.1, 0.15) is 0 Å². The third-order valence-corrected chi connectivity index (χ3v) is 4.88. The molecule has 5 nitrogen and oxygen atoms in total. The van der Waals surface area contributed by atoms with Crippen molar-refractivity contribution >= 4 is 12.0 Å². The van der Waals surface area contributed by atoms with E-state index in [1.54, 1.807) is 0 Å². The number of carboxylic acid groups (broad SMARTS) is 1. The summed E-state index contributed by atoms with van der Waals surface area (Å²) in [5.74, 6) is -0.320. The molecular formula is C17H30N2O3. The molecule has 2 fully saturated rings. The van der Waals surface area contributed by atoms with Crippen LogP contribution >= 0.6 is 0 Å². The highest BCUT2D eigenvalue weighted by atomic mass is 16.4. The predicted molar refractivity (Wildman–Crippen MR) is 85.7 cm³/mol. The zero-order valence-electron chi connectivity index (χ0n) is 14.1. The van der Waals surface area contributed by atoms with Crippen molar-refractivity contribution in [1.29, 1.82) is 0 Å². The monoisotopic (exact) mass is 310 g/mol. The van der Waals surface area contributed by atoms with E-state index in [1.807, 2.05) is 4.90 Å². The molecule has 2 rings (SSSR count). The van der Waals surface area contributed by atoms with Crippen LogP contribution in [0.2, 0.25) is 0 Å². The molecule has 1 aliphatic heterocycles. The van der Waals surface area contributed by atoms with E-state index in [0.29, 0.717) is 24.2 Å². The maximum Gasteiger partial charge on any atom is 0.317 e. The number of carbonyl (C=O) groups excluding carboxylic acids is 1. The summed E-state index contributed by atoms with van der Waals surface area (Å²) in [5, 5.41) is 12.1. The Labute approximate surface area is 133 Å². The van der Waals surface area contributed by atoms with Crippen LogP contribution in [0.25, 0.3) is 0 Å². The first-order valence-electron chi connectivity index (χ1n) is 8.53. The number of nitrogens with zero attached hydrogens (tertiary/aromatic N) is 1. The number of likely N-dealkylation sites (tertiary alicyclic amines) is 1. The first kappa shape index (κ1) is 17.1. The van der Waals surface area contributed by atoms with E-state index in [0.717, 1.165) is 38.8 Å². The highest BCUT2D eigenvalue weighted by Gasteiger charge is 2.31. The van der Waals surface area contributed by atoms with E-state index in [4.69, 9.17) is 5.11 Å². The topological polar surface area (TPSA) is 69.6 Å². The lowest BCUT2D eigenvalue weighted by Gasteiger charge is -2.29. The van der Waals surface area contributed by atoms with Gasteiger partial charge >= 0.3 is 12.0 Å². The van der Waals surface area contributed by atoms with E-state index < -0.39 is 5.97 Å². The molecule has 5 heteroatoms. The van der Waals surface area contributed by atoms with E-state index >= 15 is 0 Å². The zero-order valence-corrected chi connectivity index (χ0v) is 14.1. The second kappa shape index (κ2) is 6.88. The molecule has 0 radical (unpaired) electrons. The second-order valence-corrected chi connectivity index (χ2v) is 8.20. The molecule has 1 atom stereocenters. The van der Waals surface area contributed by atoms with Gasteiger partial charge in [-0.15, -0.1) is 0 Å². The molecular weight excluding hydrogens is 280 g/mol. The molecule has 1 heterocycles. The summed E-state index contributed by atoms with van der Waals surface area (Å²) in [5.41, 5.74) is 0.312. The van der Waals surface area contributed by atoms with Crippen LogP contribution in [0.4, 0.5) is 4.79 Å².